The molecule has 0 spiro atoms. The van der Waals surface area contributed by atoms with Gasteiger partial charge in [0.05, 0.1) is 12.3 Å². The Morgan fingerprint density at radius 3 is 2.34 bits per heavy atom. The lowest BCUT2D eigenvalue weighted by Gasteiger charge is -2.21. The van der Waals surface area contributed by atoms with Crippen molar-refractivity contribution < 1.29 is 5.11 Å². The summed E-state index contributed by atoms with van der Waals surface area (Å²) >= 11 is 0. The monoisotopic (exact) mass is 423 g/mol. The quantitative estimate of drug-likeness (QED) is 0.372. The highest BCUT2D eigenvalue weighted by molar-refractivity contribution is 5.84. The Bertz CT molecular complexity index is 1330. The van der Waals surface area contributed by atoms with E-state index in [1.54, 1.807) is 0 Å². The number of fused-ring (bicyclic) bond motifs is 1. The molecule has 4 heteroatoms. The Morgan fingerprint density at radius 1 is 0.938 bits per heavy atom. The molecule has 2 aromatic carbocycles. The maximum Gasteiger partial charge on any atom is 0.160 e. The number of aromatic nitrogens is 3. The van der Waals surface area contributed by atoms with E-state index in [1.807, 2.05) is 13.0 Å². The van der Waals surface area contributed by atoms with Crippen molar-refractivity contribution in [2.45, 2.75) is 53.0 Å². The number of hydrogen-bond donors (Lipinski definition) is 1. The van der Waals surface area contributed by atoms with Crippen LogP contribution in [0.2, 0.25) is 0 Å². The number of aliphatic hydroxyl groups is 1. The molecule has 2 heterocycles. The van der Waals surface area contributed by atoms with Crippen LogP contribution in [0.25, 0.3) is 27.9 Å². The zero-order chi connectivity index (χ0) is 22.2. The molecule has 0 bridgehead atoms. The first kappa shape index (κ1) is 20.5. The van der Waals surface area contributed by atoms with E-state index in [-0.39, 0.29) is 0 Å². The first-order chi connectivity index (χ1) is 15.5. The van der Waals surface area contributed by atoms with Gasteiger partial charge in [-0.2, -0.15) is 0 Å². The number of aliphatic hydroxyl groups excluding tert-OH is 1. The fourth-order valence-electron chi connectivity index (χ4n) is 4.65. The Labute approximate surface area is 189 Å². The first-order valence-electron chi connectivity index (χ1n) is 11.5. The van der Waals surface area contributed by atoms with Gasteiger partial charge >= 0.3 is 0 Å². The van der Waals surface area contributed by atoms with Crippen LogP contribution in [0.3, 0.4) is 0 Å². The molecule has 32 heavy (non-hydrogen) atoms. The molecule has 0 saturated heterocycles. The molecule has 5 rings (SSSR count). The first-order valence-corrected chi connectivity index (χ1v) is 11.5. The van der Waals surface area contributed by atoms with Crippen molar-refractivity contribution in [1.29, 1.82) is 0 Å². The largest absolute Gasteiger partial charge is 0.512 e. The lowest BCUT2D eigenvalue weighted by molar-refractivity contribution is 0.372. The van der Waals surface area contributed by atoms with E-state index in [9.17, 15) is 5.11 Å². The summed E-state index contributed by atoms with van der Waals surface area (Å²) < 4.78 is 2.28. The molecule has 1 N–H and O–H groups in total. The predicted molar refractivity (Wildman–Crippen MR) is 131 cm³/mol. The number of allylic oxidation sites excluding steroid dienone is 2. The Hall–Kier alpha value is -3.40. The highest BCUT2D eigenvalue weighted by atomic mass is 16.3. The van der Waals surface area contributed by atoms with Crippen molar-refractivity contribution in [2.75, 3.05) is 0 Å². The van der Waals surface area contributed by atoms with Gasteiger partial charge in [0.2, 0.25) is 0 Å². The van der Waals surface area contributed by atoms with Crippen LogP contribution in [0.15, 0.2) is 60.4 Å². The summed E-state index contributed by atoms with van der Waals surface area (Å²) in [4.78, 5) is 9.76. The van der Waals surface area contributed by atoms with Crippen LogP contribution in [0.1, 0.15) is 54.4 Å². The van der Waals surface area contributed by atoms with Gasteiger partial charge in [-0.15, -0.1) is 0 Å². The van der Waals surface area contributed by atoms with Crippen molar-refractivity contribution in [2.24, 2.45) is 0 Å². The van der Waals surface area contributed by atoms with Crippen LogP contribution in [0.4, 0.5) is 0 Å². The Balaban J connectivity index is 1.50. The highest BCUT2D eigenvalue weighted by Crippen LogP contribution is 2.39. The Kier molecular flexibility index (Phi) is 5.30. The minimum absolute atomic E-state index is 0.530. The summed E-state index contributed by atoms with van der Waals surface area (Å²) in [7, 11) is 0. The Morgan fingerprint density at radius 2 is 1.69 bits per heavy atom. The fraction of sp³-hybridized carbons (Fsp3) is 0.286. The van der Waals surface area contributed by atoms with E-state index in [4.69, 9.17) is 9.97 Å². The molecule has 1 aliphatic rings. The molecule has 0 saturated carbocycles. The van der Waals surface area contributed by atoms with E-state index in [0.717, 1.165) is 66.0 Å². The predicted octanol–water partition coefficient (Wildman–Crippen LogP) is 6.78. The fourth-order valence-corrected chi connectivity index (χ4v) is 4.65. The molecule has 0 fully saturated rings. The maximum absolute atomic E-state index is 10.1. The average molecular weight is 424 g/mol. The summed E-state index contributed by atoms with van der Waals surface area (Å²) in [5.41, 5.74) is 10.0. The third-order valence-corrected chi connectivity index (χ3v) is 6.39. The number of hydrogen-bond acceptors (Lipinski definition) is 3. The molecule has 4 aromatic rings. The number of pyridine rings is 1. The van der Waals surface area contributed by atoms with E-state index in [2.05, 4.69) is 66.9 Å². The smallest absolute Gasteiger partial charge is 0.160 e. The molecule has 2 aromatic heterocycles. The summed E-state index contributed by atoms with van der Waals surface area (Å²) in [5, 5.41) is 10.1. The van der Waals surface area contributed by atoms with Gasteiger partial charge in [0.25, 0.3) is 0 Å². The lowest BCUT2D eigenvalue weighted by Crippen LogP contribution is -2.06. The molecule has 0 atom stereocenters. The van der Waals surface area contributed by atoms with Gasteiger partial charge in [-0.25, -0.2) is 9.97 Å². The van der Waals surface area contributed by atoms with Gasteiger partial charge in [0, 0.05) is 18.5 Å². The average Bonchev–Trinajstić information content (AvgIpc) is 3.11. The number of nitrogens with zero attached hydrogens (tertiary/aromatic N) is 3. The van der Waals surface area contributed by atoms with Crippen LogP contribution in [0.5, 0.6) is 0 Å². The standard InChI is InChI=1S/C28H29N3O/c1-4-7-26-30-27-18(2)16-19(3)29-28(27)31(26)17-20-10-12-21(13-11-20)22-8-5-6-9-23(22)24-14-15-25(24)32/h5-6,8-13,16,32H,4,7,14-15,17H2,1-3H3. The summed E-state index contributed by atoms with van der Waals surface area (Å²) in [6, 6.07) is 19.2. The second kappa shape index (κ2) is 8.27. The molecule has 0 unspecified atom stereocenters. The van der Waals surface area contributed by atoms with Crippen molar-refractivity contribution in [3.63, 3.8) is 0 Å². The maximum atomic E-state index is 10.1. The van der Waals surface area contributed by atoms with E-state index < -0.39 is 0 Å². The van der Waals surface area contributed by atoms with Crippen LogP contribution in [-0.2, 0) is 13.0 Å². The second-order valence-electron chi connectivity index (χ2n) is 8.78. The topological polar surface area (TPSA) is 50.9 Å². The van der Waals surface area contributed by atoms with Gasteiger partial charge in [-0.05, 0) is 66.1 Å². The third-order valence-electron chi connectivity index (χ3n) is 6.39. The summed E-state index contributed by atoms with van der Waals surface area (Å²) in [5.74, 6) is 1.63. The zero-order valence-electron chi connectivity index (χ0n) is 19.0. The second-order valence-corrected chi connectivity index (χ2v) is 8.78. The van der Waals surface area contributed by atoms with Crippen molar-refractivity contribution in [3.8, 4) is 11.1 Å². The third kappa shape index (κ3) is 3.60. The van der Waals surface area contributed by atoms with Crippen LogP contribution < -0.4 is 0 Å². The van der Waals surface area contributed by atoms with E-state index in [1.165, 1.54) is 22.3 Å². The molecule has 4 nitrogen and oxygen atoms in total. The van der Waals surface area contributed by atoms with Crippen molar-refractivity contribution >= 4 is 16.7 Å². The van der Waals surface area contributed by atoms with Gasteiger partial charge < -0.3 is 9.67 Å². The normalized spacial score (nSPS) is 13.6. The lowest BCUT2D eigenvalue weighted by atomic mass is 9.85. The zero-order valence-corrected chi connectivity index (χ0v) is 19.0. The van der Waals surface area contributed by atoms with Crippen LogP contribution in [-0.4, -0.2) is 19.6 Å². The molecular weight excluding hydrogens is 394 g/mol. The number of rotatable bonds is 6. The van der Waals surface area contributed by atoms with E-state index in [0.29, 0.717) is 5.76 Å². The van der Waals surface area contributed by atoms with Gasteiger partial charge in [-0.3, -0.25) is 0 Å². The van der Waals surface area contributed by atoms with Crippen LogP contribution in [0, 0.1) is 13.8 Å². The molecule has 162 valence electrons. The van der Waals surface area contributed by atoms with Gasteiger partial charge in [-0.1, -0.05) is 55.5 Å². The number of aryl methyl sites for hydroxylation is 3. The molecule has 0 amide bonds. The molecule has 0 aliphatic heterocycles. The molecular formula is C28H29N3O. The minimum atomic E-state index is 0.530. The highest BCUT2D eigenvalue weighted by Gasteiger charge is 2.20. The number of imidazole rings is 1. The van der Waals surface area contributed by atoms with Crippen molar-refractivity contribution in [1.82, 2.24) is 14.5 Å². The van der Waals surface area contributed by atoms with Gasteiger partial charge in [0.1, 0.15) is 11.3 Å². The minimum Gasteiger partial charge on any atom is -0.512 e. The summed E-state index contributed by atoms with van der Waals surface area (Å²) in [6.07, 6.45) is 3.73. The van der Waals surface area contributed by atoms with Crippen molar-refractivity contribution in [3.05, 3.63) is 88.6 Å². The molecule has 0 radical (unpaired) electrons. The summed E-state index contributed by atoms with van der Waals surface area (Å²) in [6.45, 7) is 7.11. The van der Waals surface area contributed by atoms with Gasteiger partial charge in [0.15, 0.2) is 5.65 Å². The SMILES string of the molecule is CCCc1nc2c(C)cc(C)nc2n1Cc1ccc(-c2ccccc2C2=C(O)CC2)cc1. The molecule has 1 aliphatic carbocycles. The van der Waals surface area contributed by atoms with E-state index >= 15 is 0 Å². The van der Waals surface area contributed by atoms with Crippen LogP contribution >= 0.6 is 0 Å². The number of benzene rings is 2.